The van der Waals surface area contributed by atoms with E-state index >= 15 is 0 Å². The number of carbonyl (C=O) groups excluding carboxylic acids is 1. The Morgan fingerprint density at radius 1 is 1.12 bits per heavy atom. The molecule has 1 amide bonds. The number of hydrogen-bond donors (Lipinski definition) is 1. The van der Waals surface area contributed by atoms with Crippen molar-refractivity contribution < 1.29 is 9.53 Å². The van der Waals surface area contributed by atoms with E-state index in [1.54, 1.807) is 10.9 Å². The van der Waals surface area contributed by atoms with E-state index < -0.39 is 0 Å². The Bertz CT molecular complexity index is 1280. The van der Waals surface area contributed by atoms with Crippen LogP contribution in [0.25, 0.3) is 17.2 Å². The number of benzene rings is 2. The van der Waals surface area contributed by atoms with E-state index in [0.717, 1.165) is 28.1 Å². The Morgan fingerprint density at radius 2 is 1.91 bits per heavy atom. The van der Waals surface area contributed by atoms with E-state index in [4.69, 9.17) is 4.74 Å². The number of rotatable bonds is 5. The third kappa shape index (κ3) is 3.49. The molecule has 0 unspecified atom stereocenters. The number of aromatic nitrogens is 5. The van der Waals surface area contributed by atoms with Crippen LogP contribution in [0.3, 0.4) is 0 Å². The first-order chi connectivity index (χ1) is 15.7. The molecule has 8 heteroatoms. The summed E-state index contributed by atoms with van der Waals surface area (Å²) < 4.78 is 7.41. The van der Waals surface area contributed by atoms with Gasteiger partial charge in [-0.3, -0.25) is 4.79 Å². The molecular weight excluding hydrogens is 404 g/mol. The fraction of sp³-hybridized carbons (Fsp3) is 0.208. The number of anilines is 1. The lowest BCUT2D eigenvalue weighted by Crippen LogP contribution is -2.25. The zero-order valence-corrected chi connectivity index (χ0v) is 17.8. The second-order valence-electron chi connectivity index (χ2n) is 7.54. The van der Waals surface area contributed by atoms with Gasteiger partial charge < -0.3 is 10.1 Å². The number of para-hydroxylation sites is 1. The number of hydrogen-bond acceptors (Lipinski definition) is 6. The minimum absolute atomic E-state index is 0.0953. The first kappa shape index (κ1) is 19.9. The lowest BCUT2D eigenvalue weighted by molar-refractivity contribution is -0.116. The van der Waals surface area contributed by atoms with Crippen LogP contribution in [0.1, 0.15) is 36.1 Å². The highest BCUT2D eigenvalue weighted by Gasteiger charge is 2.34. The number of carbonyl (C=O) groups is 1. The predicted molar refractivity (Wildman–Crippen MR) is 120 cm³/mol. The highest BCUT2D eigenvalue weighted by atomic mass is 16.5. The molecule has 0 saturated heterocycles. The van der Waals surface area contributed by atoms with Crippen LogP contribution in [0.4, 0.5) is 5.82 Å². The van der Waals surface area contributed by atoms with Gasteiger partial charge in [0, 0.05) is 29.0 Å². The van der Waals surface area contributed by atoms with Crippen LogP contribution in [0.2, 0.25) is 0 Å². The molecule has 160 valence electrons. The summed E-state index contributed by atoms with van der Waals surface area (Å²) in [6.07, 6.45) is 1.92. The lowest BCUT2D eigenvalue weighted by atomic mass is 9.85. The Kier molecular flexibility index (Phi) is 5.10. The van der Waals surface area contributed by atoms with E-state index in [2.05, 4.69) is 25.6 Å². The third-order valence-electron chi connectivity index (χ3n) is 5.50. The van der Waals surface area contributed by atoms with Gasteiger partial charge in [0.2, 0.25) is 5.91 Å². The van der Waals surface area contributed by atoms with E-state index in [9.17, 15) is 4.79 Å². The molecule has 0 radical (unpaired) electrons. The van der Waals surface area contributed by atoms with Crippen LogP contribution < -0.4 is 10.1 Å². The van der Waals surface area contributed by atoms with Gasteiger partial charge in [-0.2, -0.15) is 14.9 Å². The van der Waals surface area contributed by atoms with Crippen LogP contribution in [0, 0.1) is 6.92 Å². The van der Waals surface area contributed by atoms with E-state index in [1.807, 2.05) is 68.4 Å². The number of aryl methyl sites for hydroxylation is 1. The molecule has 0 fully saturated rings. The van der Waals surface area contributed by atoms with Gasteiger partial charge >= 0.3 is 0 Å². The molecule has 1 atom stereocenters. The Morgan fingerprint density at radius 3 is 2.72 bits per heavy atom. The summed E-state index contributed by atoms with van der Waals surface area (Å²) in [6, 6.07) is 17.6. The summed E-state index contributed by atoms with van der Waals surface area (Å²) >= 11 is 0. The lowest BCUT2D eigenvalue weighted by Gasteiger charge is -2.25. The van der Waals surface area contributed by atoms with Gasteiger partial charge in [0.05, 0.1) is 24.2 Å². The quantitative estimate of drug-likeness (QED) is 0.520. The summed E-state index contributed by atoms with van der Waals surface area (Å²) in [5, 5.41) is 16.0. The van der Waals surface area contributed by atoms with Crippen LogP contribution in [0.15, 0.2) is 60.8 Å². The van der Waals surface area contributed by atoms with Gasteiger partial charge in [0.1, 0.15) is 11.6 Å². The molecule has 0 spiro atoms. The molecule has 8 nitrogen and oxygen atoms in total. The van der Waals surface area contributed by atoms with E-state index in [0.29, 0.717) is 30.5 Å². The number of amides is 1. The van der Waals surface area contributed by atoms with Gasteiger partial charge in [-0.15, -0.1) is 5.10 Å². The summed E-state index contributed by atoms with van der Waals surface area (Å²) in [7, 11) is 0. The van der Waals surface area contributed by atoms with Gasteiger partial charge in [0.25, 0.3) is 5.95 Å². The third-order valence-corrected chi connectivity index (χ3v) is 5.50. The van der Waals surface area contributed by atoms with Crippen LogP contribution in [-0.2, 0) is 4.79 Å². The van der Waals surface area contributed by atoms with Crippen molar-refractivity contribution in [2.24, 2.45) is 0 Å². The summed E-state index contributed by atoms with van der Waals surface area (Å²) in [5.74, 6) is 1.37. The van der Waals surface area contributed by atoms with Crippen molar-refractivity contribution >= 4 is 11.7 Å². The Hall–Kier alpha value is -4.07. The maximum absolute atomic E-state index is 12.7. The van der Waals surface area contributed by atoms with Crippen molar-refractivity contribution in [1.82, 2.24) is 25.0 Å². The maximum Gasteiger partial charge on any atom is 0.272 e. The topological polar surface area (TPSA) is 94.8 Å². The van der Waals surface area contributed by atoms with Crippen LogP contribution >= 0.6 is 0 Å². The van der Waals surface area contributed by atoms with Gasteiger partial charge in [-0.25, -0.2) is 4.98 Å². The van der Waals surface area contributed by atoms with Crippen molar-refractivity contribution in [2.45, 2.75) is 26.2 Å². The molecule has 0 bridgehead atoms. The predicted octanol–water partition coefficient (Wildman–Crippen LogP) is 3.91. The second kappa shape index (κ2) is 8.22. The first-order valence-corrected chi connectivity index (χ1v) is 10.5. The number of ether oxygens (including phenoxy) is 1. The van der Waals surface area contributed by atoms with Crippen LogP contribution in [-0.4, -0.2) is 37.5 Å². The van der Waals surface area contributed by atoms with E-state index in [-0.39, 0.29) is 11.8 Å². The average molecular weight is 426 g/mol. The fourth-order valence-electron chi connectivity index (χ4n) is 4.14. The van der Waals surface area contributed by atoms with Crippen molar-refractivity contribution in [3.05, 3.63) is 77.6 Å². The monoisotopic (exact) mass is 426 g/mol. The van der Waals surface area contributed by atoms with Gasteiger partial charge in [-0.1, -0.05) is 48.5 Å². The zero-order valence-electron chi connectivity index (χ0n) is 17.8. The second-order valence-corrected chi connectivity index (χ2v) is 7.54. The van der Waals surface area contributed by atoms with Crippen molar-refractivity contribution in [3.8, 4) is 23.0 Å². The molecule has 1 N–H and O–H groups in total. The summed E-state index contributed by atoms with van der Waals surface area (Å²) in [6.45, 7) is 4.42. The molecule has 1 aliphatic rings. The standard InChI is InChI=1S/C24H22N6O2/c1-3-32-20-12-8-7-11-17(20)18-13-21(31)27-23-22(18)15(2)29-30(23)24-26-19(14-25-28-24)16-9-5-4-6-10-16/h4-12,14,18H,3,13H2,1-2H3,(H,27,31)/t18-/m1/s1. The first-order valence-electron chi connectivity index (χ1n) is 10.5. The van der Waals surface area contributed by atoms with Gasteiger partial charge in [-0.05, 0) is 19.9 Å². The SMILES string of the molecule is CCOc1ccccc1[C@H]1CC(=O)Nc2c1c(C)nn2-c1nncc(-c2ccccc2)n1. The molecule has 4 aromatic rings. The van der Waals surface area contributed by atoms with E-state index in [1.165, 1.54) is 0 Å². The number of fused-ring (bicyclic) bond motifs is 1. The van der Waals surface area contributed by atoms with Crippen molar-refractivity contribution in [1.29, 1.82) is 0 Å². The Labute approximate surface area is 185 Å². The minimum Gasteiger partial charge on any atom is -0.494 e. The van der Waals surface area contributed by atoms with Gasteiger partial charge in [0.15, 0.2) is 0 Å². The molecule has 2 aromatic carbocycles. The minimum atomic E-state index is -0.180. The fourth-order valence-corrected chi connectivity index (χ4v) is 4.14. The molecule has 5 rings (SSSR count). The Balaban J connectivity index is 1.62. The molecular formula is C24H22N6O2. The molecule has 1 aliphatic heterocycles. The molecule has 3 heterocycles. The molecule has 0 saturated carbocycles. The highest BCUT2D eigenvalue weighted by molar-refractivity contribution is 5.95. The normalized spacial score (nSPS) is 15.2. The molecule has 0 aliphatic carbocycles. The average Bonchev–Trinajstić information content (AvgIpc) is 3.16. The number of nitrogens with zero attached hydrogens (tertiary/aromatic N) is 5. The summed E-state index contributed by atoms with van der Waals surface area (Å²) in [5.41, 5.74) is 4.30. The largest absolute Gasteiger partial charge is 0.494 e. The molecule has 32 heavy (non-hydrogen) atoms. The zero-order chi connectivity index (χ0) is 22.1. The maximum atomic E-state index is 12.7. The molecule has 2 aromatic heterocycles. The van der Waals surface area contributed by atoms with Crippen molar-refractivity contribution in [2.75, 3.05) is 11.9 Å². The number of nitrogens with one attached hydrogen (secondary N) is 1. The summed E-state index contributed by atoms with van der Waals surface area (Å²) in [4.78, 5) is 17.4. The smallest absolute Gasteiger partial charge is 0.272 e. The van der Waals surface area contributed by atoms with Crippen molar-refractivity contribution in [3.63, 3.8) is 0 Å². The highest BCUT2D eigenvalue weighted by Crippen LogP contribution is 2.42. The van der Waals surface area contributed by atoms with Crippen LogP contribution in [0.5, 0.6) is 5.75 Å².